The van der Waals surface area contributed by atoms with Crippen LogP contribution in [0.1, 0.15) is 17.3 Å². The molecule has 0 saturated heterocycles. The van der Waals surface area contributed by atoms with E-state index in [0.29, 0.717) is 11.3 Å². The molecule has 0 radical (unpaired) electrons. The molecule has 6 nitrogen and oxygen atoms in total. The van der Waals surface area contributed by atoms with Gasteiger partial charge in [-0.05, 0) is 25.1 Å². The quantitative estimate of drug-likeness (QED) is 0.207. The number of ether oxygens (including phenoxy) is 1. The van der Waals surface area contributed by atoms with Crippen LogP contribution in [0.3, 0.4) is 0 Å². The maximum atomic E-state index is 12.7. The van der Waals surface area contributed by atoms with Crippen LogP contribution in [0.2, 0.25) is 0 Å². The van der Waals surface area contributed by atoms with Crippen LogP contribution in [0.4, 0.5) is 5.69 Å². The number of nitrogens with zero attached hydrogens (tertiary/aromatic N) is 2. The van der Waals surface area contributed by atoms with Crippen LogP contribution < -0.4 is 5.43 Å². The number of hydrogen-bond donors (Lipinski definition) is 1. The van der Waals surface area contributed by atoms with Crippen LogP contribution in [0.25, 0.3) is 0 Å². The molecule has 0 aliphatic carbocycles. The molecule has 130 valence electrons. The zero-order valence-corrected chi connectivity index (χ0v) is 14.2. The van der Waals surface area contributed by atoms with Crippen molar-refractivity contribution in [3.63, 3.8) is 0 Å². The van der Waals surface area contributed by atoms with Gasteiger partial charge in [0.25, 0.3) is 0 Å². The minimum absolute atomic E-state index is 0.0790. The van der Waals surface area contributed by atoms with Crippen molar-refractivity contribution in [2.24, 2.45) is 5.10 Å². The maximum absolute atomic E-state index is 12.7. The molecule has 0 bridgehead atoms. The van der Waals surface area contributed by atoms with Gasteiger partial charge in [-0.15, -0.1) is 0 Å². The van der Waals surface area contributed by atoms with E-state index in [1.165, 1.54) is 0 Å². The molecule has 0 atom stereocenters. The second kappa shape index (κ2) is 9.55. The number of ketones is 1. The van der Waals surface area contributed by atoms with E-state index >= 15 is 0 Å². The van der Waals surface area contributed by atoms with Crippen molar-refractivity contribution in [2.45, 2.75) is 6.92 Å². The summed E-state index contributed by atoms with van der Waals surface area (Å²) in [4.78, 5) is 24.6. The van der Waals surface area contributed by atoms with Crippen molar-refractivity contribution < 1.29 is 14.3 Å². The van der Waals surface area contributed by atoms with E-state index in [1.807, 2.05) is 18.2 Å². The molecule has 1 N–H and O–H groups in total. The van der Waals surface area contributed by atoms with Gasteiger partial charge in [0.15, 0.2) is 0 Å². The van der Waals surface area contributed by atoms with Crippen molar-refractivity contribution >= 4 is 23.2 Å². The van der Waals surface area contributed by atoms with E-state index in [2.05, 4.69) is 10.5 Å². The molecule has 0 aliphatic heterocycles. The van der Waals surface area contributed by atoms with E-state index in [4.69, 9.17) is 4.74 Å². The Bertz CT molecular complexity index is 866. The monoisotopic (exact) mass is 347 g/mol. The minimum atomic E-state index is -0.803. The van der Waals surface area contributed by atoms with Gasteiger partial charge in [-0.2, -0.15) is 10.4 Å². The molecule has 2 aromatic carbocycles. The Kier molecular flexibility index (Phi) is 6.83. The highest BCUT2D eigenvalue weighted by Crippen LogP contribution is 2.09. The summed E-state index contributed by atoms with van der Waals surface area (Å²) in [5.41, 5.74) is 3.43. The van der Waals surface area contributed by atoms with Gasteiger partial charge in [0.1, 0.15) is 17.4 Å². The molecule has 2 aromatic rings. The summed E-state index contributed by atoms with van der Waals surface area (Å²) in [6.45, 7) is 1.76. The Morgan fingerprint density at radius 2 is 1.73 bits per heavy atom. The summed E-state index contributed by atoms with van der Waals surface area (Å²) in [5.74, 6) is -1.23. The van der Waals surface area contributed by atoms with Crippen LogP contribution in [0.15, 0.2) is 77.4 Å². The van der Waals surface area contributed by atoms with Gasteiger partial charge in [0.2, 0.25) is 5.78 Å². The zero-order chi connectivity index (χ0) is 18.8. The van der Waals surface area contributed by atoms with Gasteiger partial charge >= 0.3 is 5.97 Å². The molecule has 26 heavy (non-hydrogen) atoms. The van der Waals surface area contributed by atoms with E-state index in [9.17, 15) is 14.9 Å². The first-order valence-corrected chi connectivity index (χ1v) is 7.93. The number of hydrazone groups is 1. The number of hydrogen-bond acceptors (Lipinski definition) is 6. The third-order valence-electron chi connectivity index (χ3n) is 3.24. The molecular weight excluding hydrogens is 330 g/mol. The fourth-order valence-electron chi connectivity index (χ4n) is 2.01. The summed E-state index contributed by atoms with van der Waals surface area (Å²) in [7, 11) is 0. The van der Waals surface area contributed by atoms with E-state index in [1.54, 1.807) is 55.5 Å². The van der Waals surface area contributed by atoms with Crippen molar-refractivity contribution in [1.29, 1.82) is 5.26 Å². The molecule has 2 rings (SSSR count). The molecule has 0 fully saturated rings. The number of Topliss-reactive ketones (excluding diaryl/α,β-unsaturated/α-hetero) is 1. The van der Waals surface area contributed by atoms with Gasteiger partial charge in [-0.3, -0.25) is 10.2 Å². The summed E-state index contributed by atoms with van der Waals surface area (Å²) >= 11 is 0. The third-order valence-corrected chi connectivity index (χ3v) is 3.24. The number of para-hydroxylation sites is 1. The summed E-state index contributed by atoms with van der Waals surface area (Å²) in [6.07, 6.45) is 1.13. The van der Waals surface area contributed by atoms with E-state index in [0.717, 1.165) is 6.08 Å². The van der Waals surface area contributed by atoms with Gasteiger partial charge < -0.3 is 4.74 Å². The fourth-order valence-corrected chi connectivity index (χ4v) is 2.01. The highest BCUT2D eigenvalue weighted by Gasteiger charge is 2.17. The minimum Gasteiger partial charge on any atom is -0.462 e. The Balaban J connectivity index is 2.39. The standard InChI is InChI=1S/C20H17N3O3/c1-2-26-20(25)16(14-21)13-18(19(24)15-9-5-3-6-10-15)23-22-17-11-7-4-8-12-17/h3-13,22H,2H2,1H3/b16-13+,23-18-. The average Bonchev–Trinajstić information content (AvgIpc) is 2.69. The largest absolute Gasteiger partial charge is 0.462 e. The molecule has 0 unspecified atom stereocenters. The molecule has 0 spiro atoms. The van der Waals surface area contributed by atoms with Crippen molar-refractivity contribution in [3.05, 3.63) is 77.9 Å². The van der Waals surface area contributed by atoms with Crippen LogP contribution in [-0.2, 0) is 9.53 Å². The highest BCUT2D eigenvalue weighted by molar-refractivity contribution is 6.50. The topological polar surface area (TPSA) is 91.6 Å². The lowest BCUT2D eigenvalue weighted by atomic mass is 10.0. The fraction of sp³-hybridized carbons (Fsp3) is 0.100. The Labute approximate surface area is 151 Å². The molecular formula is C20H17N3O3. The van der Waals surface area contributed by atoms with Crippen molar-refractivity contribution in [3.8, 4) is 6.07 Å². The number of rotatable bonds is 7. The highest BCUT2D eigenvalue weighted by atomic mass is 16.5. The SMILES string of the molecule is CCOC(=O)/C(C#N)=C/C(=N/Nc1ccccc1)C(=O)c1ccccc1. The van der Waals surface area contributed by atoms with Crippen LogP contribution in [0, 0.1) is 11.3 Å². The van der Waals surface area contributed by atoms with Crippen LogP contribution in [0.5, 0.6) is 0 Å². The third kappa shape index (κ3) is 5.14. The second-order valence-corrected chi connectivity index (χ2v) is 5.06. The first-order valence-electron chi connectivity index (χ1n) is 7.93. The molecule has 0 saturated carbocycles. The Hall–Kier alpha value is -3.72. The molecule has 0 aromatic heterocycles. The summed E-state index contributed by atoms with van der Waals surface area (Å²) in [6, 6.07) is 19.2. The first kappa shape index (κ1) is 18.6. The van der Waals surface area contributed by atoms with Gasteiger partial charge in [0, 0.05) is 5.56 Å². The molecule has 0 aliphatic rings. The Morgan fingerprint density at radius 1 is 1.12 bits per heavy atom. The number of carbonyl (C=O) groups excluding carboxylic acids is 2. The normalized spacial score (nSPS) is 11.4. The predicted molar refractivity (Wildman–Crippen MR) is 98.6 cm³/mol. The van der Waals surface area contributed by atoms with Gasteiger partial charge in [-0.1, -0.05) is 48.5 Å². The van der Waals surface area contributed by atoms with Crippen LogP contribution in [-0.4, -0.2) is 24.1 Å². The lowest BCUT2D eigenvalue weighted by Gasteiger charge is -2.05. The number of esters is 1. The molecule has 6 heteroatoms. The van der Waals surface area contributed by atoms with Crippen LogP contribution >= 0.6 is 0 Å². The number of benzene rings is 2. The predicted octanol–water partition coefficient (Wildman–Crippen LogP) is 3.35. The lowest BCUT2D eigenvalue weighted by molar-refractivity contribution is -0.138. The first-order chi connectivity index (χ1) is 12.7. The molecule has 0 heterocycles. The smallest absolute Gasteiger partial charge is 0.348 e. The molecule has 0 amide bonds. The number of carbonyl (C=O) groups is 2. The van der Waals surface area contributed by atoms with E-state index < -0.39 is 11.8 Å². The second-order valence-electron chi connectivity index (χ2n) is 5.06. The van der Waals surface area contributed by atoms with Gasteiger partial charge in [0.05, 0.1) is 12.3 Å². The number of allylic oxidation sites excluding steroid dienone is 1. The van der Waals surface area contributed by atoms with Crippen molar-refractivity contribution in [1.82, 2.24) is 0 Å². The van der Waals surface area contributed by atoms with Crippen molar-refractivity contribution in [2.75, 3.05) is 12.0 Å². The number of anilines is 1. The van der Waals surface area contributed by atoms with Gasteiger partial charge in [-0.25, -0.2) is 4.79 Å². The zero-order valence-electron chi connectivity index (χ0n) is 14.2. The van der Waals surface area contributed by atoms with E-state index in [-0.39, 0.29) is 17.9 Å². The average molecular weight is 347 g/mol. The number of nitriles is 1. The Morgan fingerprint density at radius 3 is 2.31 bits per heavy atom. The summed E-state index contributed by atoms with van der Waals surface area (Å²) < 4.78 is 4.83. The summed E-state index contributed by atoms with van der Waals surface area (Å²) in [5, 5.41) is 13.3. The lowest BCUT2D eigenvalue weighted by Crippen LogP contribution is -2.17. The number of nitrogens with one attached hydrogen (secondary N) is 1. The maximum Gasteiger partial charge on any atom is 0.348 e.